The maximum Gasteiger partial charge on any atom is 0.197 e. The fourth-order valence-corrected chi connectivity index (χ4v) is 2.00. The van der Waals surface area contributed by atoms with Gasteiger partial charge in [-0.2, -0.15) is 0 Å². The smallest absolute Gasteiger partial charge is 0.197 e. The summed E-state index contributed by atoms with van der Waals surface area (Å²) in [6.07, 6.45) is 1.49. The molecule has 1 heterocycles. The summed E-state index contributed by atoms with van der Waals surface area (Å²) in [6, 6.07) is 3.28. The van der Waals surface area contributed by atoms with E-state index in [0.29, 0.717) is 27.3 Å². The highest BCUT2D eigenvalue weighted by Gasteiger charge is 2.13. The Balaban J connectivity index is 2.83. The number of methoxy groups -OCH3 is 1. The highest BCUT2D eigenvalue weighted by atomic mass is 35.5. The predicted octanol–water partition coefficient (Wildman–Crippen LogP) is 3.58. The van der Waals surface area contributed by atoms with Crippen LogP contribution in [0.3, 0.4) is 0 Å². The zero-order chi connectivity index (χ0) is 12.6. The van der Waals surface area contributed by atoms with Crippen molar-refractivity contribution in [3.05, 3.63) is 39.2 Å². The van der Waals surface area contributed by atoms with Crippen LogP contribution < -0.4 is 10.2 Å². The summed E-state index contributed by atoms with van der Waals surface area (Å²) in [5, 5.41) is 0.772. The highest BCUT2D eigenvalue weighted by Crippen LogP contribution is 2.28. The first-order chi connectivity index (χ1) is 8.04. The zero-order valence-electron chi connectivity index (χ0n) is 9.91. The topological polar surface area (TPSA) is 39.4 Å². The molecule has 17 heavy (non-hydrogen) atoms. The lowest BCUT2D eigenvalue weighted by atomic mass is 10.0. The fourth-order valence-electron chi connectivity index (χ4n) is 1.71. The first-order valence-electron chi connectivity index (χ1n) is 5.33. The van der Waals surface area contributed by atoms with Gasteiger partial charge in [-0.3, -0.25) is 4.79 Å². The molecule has 0 fully saturated rings. The Morgan fingerprint density at radius 2 is 2.06 bits per heavy atom. The van der Waals surface area contributed by atoms with Crippen LogP contribution in [0.4, 0.5) is 0 Å². The molecule has 1 aromatic carbocycles. The maximum absolute atomic E-state index is 12.2. The second-order valence-corrected chi connectivity index (χ2v) is 4.56. The third-order valence-electron chi connectivity index (χ3n) is 2.69. The van der Waals surface area contributed by atoms with E-state index >= 15 is 0 Å². The van der Waals surface area contributed by atoms with Crippen molar-refractivity contribution in [1.82, 2.24) is 0 Å². The maximum atomic E-state index is 12.2. The summed E-state index contributed by atoms with van der Waals surface area (Å²) in [5.74, 6) is 0.678. The Morgan fingerprint density at radius 3 is 2.65 bits per heavy atom. The van der Waals surface area contributed by atoms with Crippen molar-refractivity contribution in [1.29, 1.82) is 0 Å². The van der Waals surface area contributed by atoms with E-state index in [2.05, 4.69) is 0 Å². The predicted molar refractivity (Wildman–Crippen MR) is 68.1 cm³/mol. The molecule has 0 spiro atoms. The van der Waals surface area contributed by atoms with E-state index in [1.54, 1.807) is 12.1 Å². The number of hydrogen-bond acceptors (Lipinski definition) is 3. The minimum Gasteiger partial charge on any atom is -0.497 e. The Labute approximate surface area is 104 Å². The van der Waals surface area contributed by atoms with Gasteiger partial charge in [-0.05, 0) is 12.0 Å². The van der Waals surface area contributed by atoms with Crippen LogP contribution in [0.1, 0.15) is 25.3 Å². The summed E-state index contributed by atoms with van der Waals surface area (Å²) < 4.78 is 10.5. The van der Waals surface area contributed by atoms with Crippen molar-refractivity contribution in [2.45, 2.75) is 19.8 Å². The van der Waals surface area contributed by atoms with Crippen LogP contribution in [-0.4, -0.2) is 7.11 Å². The summed E-state index contributed by atoms with van der Waals surface area (Å²) in [5.41, 5.74) is 1.00. The second-order valence-electron chi connectivity index (χ2n) is 4.16. The SMILES string of the molecule is COc1cc(Cl)c2c(=O)c(C(C)C)coc2c1. The molecule has 2 aromatic rings. The summed E-state index contributed by atoms with van der Waals surface area (Å²) >= 11 is 6.08. The highest BCUT2D eigenvalue weighted by molar-refractivity contribution is 6.35. The normalized spacial score (nSPS) is 11.1. The largest absolute Gasteiger partial charge is 0.497 e. The molecule has 0 bridgehead atoms. The number of rotatable bonds is 2. The molecule has 1 aromatic heterocycles. The molecule has 0 aliphatic heterocycles. The van der Waals surface area contributed by atoms with Gasteiger partial charge in [-0.1, -0.05) is 25.4 Å². The van der Waals surface area contributed by atoms with Gasteiger partial charge < -0.3 is 9.15 Å². The molecule has 2 rings (SSSR count). The molecular formula is C13H13ClO3. The van der Waals surface area contributed by atoms with Crippen molar-refractivity contribution in [2.24, 2.45) is 0 Å². The minimum absolute atomic E-state index is 0.0751. The Kier molecular flexibility index (Phi) is 3.11. The molecule has 90 valence electrons. The van der Waals surface area contributed by atoms with Crippen LogP contribution in [0.25, 0.3) is 11.0 Å². The van der Waals surface area contributed by atoms with Crippen LogP contribution in [0, 0.1) is 0 Å². The van der Waals surface area contributed by atoms with E-state index in [9.17, 15) is 4.79 Å². The number of fused-ring (bicyclic) bond motifs is 1. The molecular weight excluding hydrogens is 240 g/mol. The molecule has 0 unspecified atom stereocenters. The van der Waals surface area contributed by atoms with Crippen molar-refractivity contribution in [3.8, 4) is 5.75 Å². The van der Waals surface area contributed by atoms with Gasteiger partial charge in [0.15, 0.2) is 5.43 Å². The lowest BCUT2D eigenvalue weighted by molar-refractivity contribution is 0.414. The van der Waals surface area contributed by atoms with Crippen LogP contribution in [-0.2, 0) is 0 Å². The van der Waals surface area contributed by atoms with Gasteiger partial charge in [0.2, 0.25) is 0 Å². The fraction of sp³-hybridized carbons (Fsp3) is 0.308. The van der Waals surface area contributed by atoms with Gasteiger partial charge in [0.05, 0.1) is 23.8 Å². The first kappa shape index (κ1) is 12.0. The van der Waals surface area contributed by atoms with Crippen molar-refractivity contribution in [2.75, 3.05) is 7.11 Å². The number of hydrogen-bond donors (Lipinski definition) is 0. The van der Waals surface area contributed by atoms with Crippen LogP contribution in [0.2, 0.25) is 5.02 Å². The van der Waals surface area contributed by atoms with Gasteiger partial charge in [0, 0.05) is 11.6 Å². The lowest BCUT2D eigenvalue weighted by Gasteiger charge is -2.07. The van der Waals surface area contributed by atoms with E-state index in [4.69, 9.17) is 20.8 Å². The molecule has 0 saturated heterocycles. The third kappa shape index (κ3) is 2.03. The quantitative estimate of drug-likeness (QED) is 0.820. The second kappa shape index (κ2) is 4.41. The van der Waals surface area contributed by atoms with E-state index in [0.717, 1.165) is 0 Å². The average molecular weight is 253 g/mol. The van der Waals surface area contributed by atoms with Gasteiger partial charge in [0.25, 0.3) is 0 Å². The Morgan fingerprint density at radius 1 is 1.35 bits per heavy atom. The Hall–Kier alpha value is -1.48. The van der Waals surface area contributed by atoms with Gasteiger partial charge in [0.1, 0.15) is 11.3 Å². The monoisotopic (exact) mass is 252 g/mol. The summed E-state index contributed by atoms with van der Waals surface area (Å²) in [4.78, 5) is 12.2. The molecule has 0 saturated carbocycles. The van der Waals surface area contributed by atoms with Gasteiger partial charge in [-0.15, -0.1) is 0 Å². The molecule has 0 radical (unpaired) electrons. The van der Waals surface area contributed by atoms with E-state index < -0.39 is 0 Å². The number of benzene rings is 1. The lowest BCUT2D eigenvalue weighted by Crippen LogP contribution is -2.10. The molecule has 0 N–H and O–H groups in total. The molecule has 0 atom stereocenters. The van der Waals surface area contributed by atoms with Gasteiger partial charge >= 0.3 is 0 Å². The molecule has 4 heteroatoms. The molecule has 3 nitrogen and oxygen atoms in total. The van der Waals surface area contributed by atoms with Crippen LogP contribution >= 0.6 is 11.6 Å². The minimum atomic E-state index is -0.0751. The third-order valence-corrected chi connectivity index (χ3v) is 2.99. The zero-order valence-corrected chi connectivity index (χ0v) is 10.7. The van der Waals surface area contributed by atoms with Crippen LogP contribution in [0.5, 0.6) is 5.75 Å². The van der Waals surface area contributed by atoms with E-state index in [1.165, 1.54) is 13.4 Å². The summed E-state index contributed by atoms with van der Waals surface area (Å²) in [6.45, 7) is 3.88. The molecule has 0 aliphatic rings. The molecule has 0 aliphatic carbocycles. The first-order valence-corrected chi connectivity index (χ1v) is 5.71. The number of ether oxygens (including phenoxy) is 1. The standard InChI is InChI=1S/C13H13ClO3/c1-7(2)9-6-17-11-5-8(16-3)4-10(14)12(11)13(9)15/h4-7H,1-3H3. The van der Waals surface area contributed by atoms with E-state index in [-0.39, 0.29) is 11.3 Å². The van der Waals surface area contributed by atoms with Crippen molar-refractivity contribution < 1.29 is 9.15 Å². The summed E-state index contributed by atoms with van der Waals surface area (Å²) in [7, 11) is 1.54. The Bertz CT molecular complexity index is 614. The number of halogens is 1. The van der Waals surface area contributed by atoms with Crippen molar-refractivity contribution in [3.63, 3.8) is 0 Å². The average Bonchev–Trinajstić information content (AvgIpc) is 2.28. The van der Waals surface area contributed by atoms with Crippen molar-refractivity contribution >= 4 is 22.6 Å². The van der Waals surface area contributed by atoms with Crippen LogP contribution in [0.15, 0.2) is 27.6 Å². The van der Waals surface area contributed by atoms with Gasteiger partial charge in [-0.25, -0.2) is 0 Å². The molecule has 0 amide bonds. The van der Waals surface area contributed by atoms with E-state index in [1.807, 2.05) is 13.8 Å².